The number of thiophene rings is 1. The van der Waals surface area contributed by atoms with Crippen LogP contribution in [0.3, 0.4) is 0 Å². The molecule has 1 fully saturated rings. The second-order valence-corrected chi connectivity index (χ2v) is 11.4. The monoisotopic (exact) mass is 514 g/mol. The zero-order chi connectivity index (χ0) is 24.6. The summed E-state index contributed by atoms with van der Waals surface area (Å²) < 4.78 is 11.7. The van der Waals surface area contributed by atoms with Gasteiger partial charge >= 0.3 is 5.97 Å². The molecule has 1 aromatic carbocycles. The fraction of sp³-hybridized carbons (Fsp3) is 0.481. The van der Waals surface area contributed by atoms with Crippen molar-refractivity contribution < 1.29 is 19.4 Å². The Morgan fingerprint density at radius 3 is 2.94 bits per heavy atom. The number of piperidine rings is 1. The summed E-state index contributed by atoms with van der Waals surface area (Å²) in [6.45, 7) is 2.94. The van der Waals surface area contributed by atoms with Crippen molar-refractivity contribution in [2.24, 2.45) is 11.8 Å². The van der Waals surface area contributed by atoms with Crippen LogP contribution in [0.4, 0.5) is 0 Å². The van der Waals surface area contributed by atoms with Crippen LogP contribution in [-0.2, 0) is 9.53 Å². The summed E-state index contributed by atoms with van der Waals surface area (Å²) in [6, 6.07) is 11.9. The lowest BCUT2D eigenvalue weighted by atomic mass is 9.79. The number of pyridine rings is 1. The quantitative estimate of drug-likeness (QED) is 0.271. The maximum atomic E-state index is 12.2. The summed E-state index contributed by atoms with van der Waals surface area (Å²) >= 11 is 3.68. The molecule has 188 valence electrons. The van der Waals surface area contributed by atoms with Gasteiger partial charge in [-0.3, -0.25) is 9.78 Å². The summed E-state index contributed by atoms with van der Waals surface area (Å²) in [6.07, 6.45) is 4.14. The second-order valence-electron chi connectivity index (χ2n) is 9.05. The third-order valence-corrected chi connectivity index (χ3v) is 9.04. The van der Waals surface area contributed by atoms with Crippen molar-refractivity contribution in [3.05, 3.63) is 53.5 Å². The minimum atomic E-state index is -0.591. The molecule has 4 rings (SSSR count). The number of benzene rings is 1. The number of thioether (sulfide) groups is 1. The molecule has 2 aromatic heterocycles. The first-order valence-corrected chi connectivity index (χ1v) is 14.0. The van der Waals surface area contributed by atoms with Crippen molar-refractivity contribution in [2.45, 2.75) is 36.0 Å². The van der Waals surface area contributed by atoms with Crippen LogP contribution in [-0.4, -0.2) is 60.6 Å². The summed E-state index contributed by atoms with van der Waals surface area (Å²) in [7, 11) is 3.10. The highest BCUT2D eigenvalue weighted by atomic mass is 32.2. The number of hydrogen-bond acceptors (Lipinski definition) is 8. The Morgan fingerprint density at radius 2 is 2.17 bits per heavy atom. The Labute approximate surface area is 215 Å². The maximum Gasteiger partial charge on any atom is 0.305 e. The predicted molar refractivity (Wildman–Crippen MR) is 142 cm³/mol. The van der Waals surface area contributed by atoms with E-state index in [4.69, 9.17) is 9.47 Å². The highest BCUT2D eigenvalue weighted by Crippen LogP contribution is 2.35. The first kappa shape index (κ1) is 25.9. The van der Waals surface area contributed by atoms with Crippen LogP contribution in [0.5, 0.6) is 5.75 Å². The first-order chi connectivity index (χ1) is 17.1. The van der Waals surface area contributed by atoms with Crippen molar-refractivity contribution in [2.75, 3.05) is 39.6 Å². The number of likely N-dealkylation sites (tertiary alicyclic amines) is 1. The minimum absolute atomic E-state index is 0.150. The molecule has 1 aliphatic heterocycles. The van der Waals surface area contributed by atoms with E-state index in [1.807, 2.05) is 36.0 Å². The standard InChI is InChI=1S/C27H34N2O4S2/c1-32-21-6-7-24-23(17-21)22(9-11-28-24)25(30)8-5-19-10-12-29(18-20(19)16-26(31)33-2)13-15-35-27-4-3-14-34-27/h3-4,6-7,9,11,14,17,19-20,25,30H,5,8,10,12-13,15-16,18H2,1-2H3/t19-,20+,25?/m1/s1. The van der Waals surface area contributed by atoms with E-state index in [1.54, 1.807) is 24.6 Å². The van der Waals surface area contributed by atoms with Gasteiger partial charge in [-0.2, -0.15) is 0 Å². The summed E-state index contributed by atoms with van der Waals surface area (Å²) in [5.41, 5.74) is 1.72. The van der Waals surface area contributed by atoms with Crippen LogP contribution in [0.1, 0.15) is 37.4 Å². The summed E-state index contributed by atoms with van der Waals surface area (Å²) in [4.78, 5) is 19.1. The molecule has 3 heterocycles. The van der Waals surface area contributed by atoms with Gasteiger partial charge in [-0.15, -0.1) is 23.1 Å². The Bertz CT molecular complexity index is 1090. The van der Waals surface area contributed by atoms with Gasteiger partial charge in [-0.1, -0.05) is 6.07 Å². The fourth-order valence-corrected chi connectivity index (χ4v) is 6.84. The lowest BCUT2D eigenvalue weighted by Crippen LogP contribution is -2.42. The third kappa shape index (κ3) is 6.97. The second kappa shape index (κ2) is 12.7. The van der Waals surface area contributed by atoms with Crippen LogP contribution in [0, 0.1) is 11.8 Å². The number of aromatic nitrogens is 1. The predicted octanol–water partition coefficient (Wildman–Crippen LogP) is 5.41. The van der Waals surface area contributed by atoms with E-state index in [2.05, 4.69) is 27.4 Å². The lowest BCUT2D eigenvalue weighted by Gasteiger charge is -2.38. The van der Waals surface area contributed by atoms with E-state index in [9.17, 15) is 9.90 Å². The molecule has 0 spiro atoms. The molecule has 3 atom stereocenters. The molecule has 0 bridgehead atoms. The van der Waals surface area contributed by atoms with Crippen LogP contribution >= 0.6 is 23.1 Å². The van der Waals surface area contributed by atoms with Crippen LogP contribution in [0.2, 0.25) is 0 Å². The Morgan fingerprint density at radius 1 is 1.29 bits per heavy atom. The van der Waals surface area contributed by atoms with Crippen LogP contribution in [0.25, 0.3) is 10.9 Å². The normalized spacial score (nSPS) is 19.5. The number of aliphatic hydroxyl groups is 1. The van der Waals surface area contributed by atoms with Gasteiger partial charge in [0.05, 0.1) is 30.0 Å². The largest absolute Gasteiger partial charge is 0.497 e. The molecule has 1 N–H and O–H groups in total. The Kier molecular flexibility index (Phi) is 9.43. The molecule has 0 amide bonds. The van der Waals surface area contributed by atoms with Crippen molar-refractivity contribution in [3.8, 4) is 5.75 Å². The van der Waals surface area contributed by atoms with Gasteiger partial charge in [0.1, 0.15) is 5.75 Å². The lowest BCUT2D eigenvalue weighted by molar-refractivity contribution is -0.142. The average Bonchev–Trinajstić information content (AvgIpc) is 3.40. The third-order valence-electron chi connectivity index (χ3n) is 6.93. The van der Waals surface area contributed by atoms with Crippen molar-refractivity contribution >= 4 is 40.0 Å². The molecule has 1 saturated heterocycles. The fourth-order valence-electron chi connectivity index (χ4n) is 4.98. The molecule has 3 aromatic rings. The molecule has 0 aliphatic carbocycles. The van der Waals surface area contributed by atoms with E-state index in [-0.39, 0.29) is 11.9 Å². The van der Waals surface area contributed by atoms with Gasteiger partial charge in [0.2, 0.25) is 0 Å². The maximum absolute atomic E-state index is 12.2. The molecular weight excluding hydrogens is 480 g/mol. The van der Waals surface area contributed by atoms with Crippen LogP contribution < -0.4 is 4.74 Å². The van der Waals surface area contributed by atoms with Crippen molar-refractivity contribution in [1.82, 2.24) is 9.88 Å². The average molecular weight is 515 g/mol. The number of ether oxygens (including phenoxy) is 2. The van der Waals surface area contributed by atoms with Gasteiger partial charge in [-0.05, 0) is 78.9 Å². The number of methoxy groups -OCH3 is 2. The number of carbonyl (C=O) groups is 1. The number of rotatable bonds is 11. The molecular formula is C27H34N2O4S2. The summed E-state index contributed by atoms with van der Waals surface area (Å²) in [5, 5.41) is 14.1. The number of fused-ring (bicyclic) bond motifs is 1. The summed E-state index contributed by atoms with van der Waals surface area (Å²) in [5.74, 6) is 2.27. The molecule has 0 saturated carbocycles. The Hall–Kier alpha value is -2.13. The molecule has 8 heteroatoms. The first-order valence-electron chi connectivity index (χ1n) is 12.1. The van der Waals surface area contributed by atoms with Gasteiger partial charge in [0, 0.05) is 36.8 Å². The SMILES string of the molecule is COC(=O)C[C@H]1CN(CCSc2cccs2)CC[C@H]1CCC(O)c1ccnc2ccc(OC)cc12. The van der Waals surface area contributed by atoms with E-state index in [0.29, 0.717) is 18.8 Å². The van der Waals surface area contributed by atoms with Gasteiger partial charge in [0.15, 0.2) is 0 Å². The van der Waals surface area contributed by atoms with E-state index in [0.717, 1.165) is 60.4 Å². The highest BCUT2D eigenvalue weighted by Gasteiger charge is 2.31. The van der Waals surface area contributed by atoms with Crippen LogP contribution in [0.15, 0.2) is 52.2 Å². The number of esters is 1. The zero-order valence-electron chi connectivity index (χ0n) is 20.4. The zero-order valence-corrected chi connectivity index (χ0v) is 22.0. The Balaban J connectivity index is 1.37. The van der Waals surface area contributed by atoms with Crippen molar-refractivity contribution in [3.63, 3.8) is 0 Å². The number of hydrogen-bond donors (Lipinski definition) is 1. The molecule has 1 aliphatic rings. The molecule has 35 heavy (non-hydrogen) atoms. The van der Waals surface area contributed by atoms with Crippen molar-refractivity contribution in [1.29, 1.82) is 0 Å². The van der Waals surface area contributed by atoms with Gasteiger partial charge in [0.25, 0.3) is 0 Å². The molecule has 6 nitrogen and oxygen atoms in total. The molecule has 0 radical (unpaired) electrons. The minimum Gasteiger partial charge on any atom is -0.497 e. The van der Waals surface area contributed by atoms with E-state index in [1.165, 1.54) is 11.3 Å². The number of carbonyl (C=O) groups excluding carboxylic acids is 1. The van der Waals surface area contributed by atoms with E-state index < -0.39 is 6.10 Å². The topological polar surface area (TPSA) is 71.9 Å². The smallest absolute Gasteiger partial charge is 0.305 e. The number of nitrogens with zero attached hydrogens (tertiary/aromatic N) is 2. The molecule has 1 unspecified atom stereocenters. The van der Waals surface area contributed by atoms with E-state index >= 15 is 0 Å². The van der Waals surface area contributed by atoms with Gasteiger partial charge in [-0.25, -0.2) is 0 Å². The highest BCUT2D eigenvalue weighted by molar-refractivity contribution is 8.01. The van der Waals surface area contributed by atoms with Gasteiger partial charge < -0.3 is 19.5 Å². The number of aliphatic hydroxyl groups excluding tert-OH is 1.